The molecule has 1 fully saturated rings. The summed E-state index contributed by atoms with van der Waals surface area (Å²) in [6.45, 7) is 7.52. The summed E-state index contributed by atoms with van der Waals surface area (Å²) in [5.74, 6) is 0. The van der Waals surface area contributed by atoms with E-state index in [2.05, 4.69) is 34.4 Å². The smallest absolute Gasteiger partial charge is 0.186 e. The highest BCUT2D eigenvalue weighted by Crippen LogP contribution is 2.36. The first kappa shape index (κ1) is 13.8. The molecule has 20 heavy (non-hydrogen) atoms. The van der Waals surface area contributed by atoms with Gasteiger partial charge >= 0.3 is 0 Å². The van der Waals surface area contributed by atoms with Crippen LogP contribution in [-0.2, 0) is 0 Å². The van der Waals surface area contributed by atoms with Crippen LogP contribution in [0.2, 0.25) is 0 Å². The Morgan fingerprint density at radius 3 is 2.85 bits per heavy atom. The van der Waals surface area contributed by atoms with Crippen LogP contribution in [0.5, 0.6) is 0 Å². The molecule has 0 aromatic carbocycles. The maximum atomic E-state index is 4.73. The van der Waals surface area contributed by atoms with Gasteiger partial charge in [0, 0.05) is 25.0 Å². The van der Waals surface area contributed by atoms with E-state index in [0.29, 0.717) is 0 Å². The molecule has 0 aliphatic carbocycles. The van der Waals surface area contributed by atoms with Crippen LogP contribution in [-0.4, -0.2) is 29.6 Å². The summed E-state index contributed by atoms with van der Waals surface area (Å²) in [4.78, 5) is 13.0. The van der Waals surface area contributed by atoms with E-state index >= 15 is 0 Å². The molecule has 0 spiro atoms. The number of thiazole rings is 2. The first-order valence-corrected chi connectivity index (χ1v) is 8.89. The van der Waals surface area contributed by atoms with Crippen LogP contribution in [0.3, 0.4) is 0 Å². The minimum absolute atomic E-state index is 0.980. The third kappa shape index (κ3) is 2.81. The number of anilines is 2. The summed E-state index contributed by atoms with van der Waals surface area (Å²) >= 11 is 3.46. The number of aryl methyl sites for hydroxylation is 1. The van der Waals surface area contributed by atoms with Crippen LogP contribution in [0.4, 0.5) is 10.3 Å². The first-order chi connectivity index (χ1) is 9.78. The van der Waals surface area contributed by atoms with Crippen molar-refractivity contribution in [2.45, 2.75) is 33.1 Å². The van der Waals surface area contributed by atoms with E-state index in [1.165, 1.54) is 17.7 Å². The Morgan fingerprint density at radius 1 is 1.30 bits per heavy atom. The van der Waals surface area contributed by atoms with Crippen molar-refractivity contribution >= 4 is 32.9 Å². The monoisotopic (exact) mass is 308 g/mol. The van der Waals surface area contributed by atoms with Gasteiger partial charge in [-0.05, 0) is 26.2 Å². The van der Waals surface area contributed by atoms with E-state index in [9.17, 15) is 0 Å². The predicted octanol–water partition coefficient (Wildman–Crippen LogP) is 4.00. The van der Waals surface area contributed by atoms with Gasteiger partial charge in [0.25, 0.3) is 0 Å². The number of hydrogen-bond acceptors (Lipinski definition) is 6. The van der Waals surface area contributed by atoms with E-state index < -0.39 is 0 Å². The summed E-state index contributed by atoms with van der Waals surface area (Å²) in [7, 11) is 0. The molecule has 1 N–H and O–H groups in total. The van der Waals surface area contributed by atoms with Crippen molar-refractivity contribution < 1.29 is 0 Å². The second-order valence-electron chi connectivity index (χ2n) is 5.07. The largest absolute Gasteiger partial charge is 0.362 e. The molecule has 2 aromatic rings. The van der Waals surface area contributed by atoms with Gasteiger partial charge in [0.2, 0.25) is 0 Å². The molecule has 2 aromatic heterocycles. The molecule has 0 amide bonds. The van der Waals surface area contributed by atoms with Gasteiger partial charge in [0.05, 0.1) is 16.3 Å². The Balaban J connectivity index is 1.80. The minimum Gasteiger partial charge on any atom is -0.362 e. The standard InChI is InChI=1S/C14H20N4S2/c1-3-6-15-13-17-11(9-19-13)12-10(2)16-14(20-12)18-7-4-5-8-18/h9H,3-8H2,1-2H3,(H,15,17). The molecule has 0 saturated carbocycles. The lowest BCUT2D eigenvalue weighted by Gasteiger charge is -2.11. The summed E-state index contributed by atoms with van der Waals surface area (Å²) in [5, 5.41) is 7.65. The third-order valence-corrected chi connectivity index (χ3v) is 5.47. The van der Waals surface area contributed by atoms with Gasteiger partial charge in [0.15, 0.2) is 10.3 Å². The molecule has 1 aliphatic heterocycles. The Bertz CT molecular complexity index is 569. The Kier molecular flexibility index (Phi) is 4.21. The third-order valence-electron chi connectivity index (χ3n) is 3.42. The number of rotatable bonds is 5. The molecule has 3 rings (SSSR count). The zero-order valence-corrected chi connectivity index (χ0v) is 13.6. The molecule has 4 nitrogen and oxygen atoms in total. The molecule has 0 atom stereocenters. The second kappa shape index (κ2) is 6.10. The normalized spacial score (nSPS) is 15.0. The molecule has 1 saturated heterocycles. The van der Waals surface area contributed by atoms with Crippen molar-refractivity contribution in [3.05, 3.63) is 11.1 Å². The summed E-state index contributed by atoms with van der Waals surface area (Å²) in [5.41, 5.74) is 2.17. The van der Waals surface area contributed by atoms with Crippen LogP contribution < -0.4 is 10.2 Å². The fourth-order valence-corrected chi connectivity index (χ4v) is 4.24. The van der Waals surface area contributed by atoms with Crippen molar-refractivity contribution in [1.82, 2.24) is 9.97 Å². The van der Waals surface area contributed by atoms with Gasteiger partial charge in [0.1, 0.15) is 0 Å². The molecule has 0 radical (unpaired) electrons. The zero-order valence-electron chi connectivity index (χ0n) is 12.0. The second-order valence-corrected chi connectivity index (χ2v) is 6.91. The fraction of sp³-hybridized carbons (Fsp3) is 0.571. The molecule has 0 unspecified atom stereocenters. The summed E-state index contributed by atoms with van der Waals surface area (Å²) in [6, 6.07) is 0. The topological polar surface area (TPSA) is 41.1 Å². The lowest BCUT2D eigenvalue weighted by atomic mass is 10.3. The lowest BCUT2D eigenvalue weighted by molar-refractivity contribution is 0.949. The summed E-state index contributed by atoms with van der Waals surface area (Å²) < 4.78 is 0. The fourth-order valence-electron chi connectivity index (χ4n) is 2.35. The molecule has 3 heterocycles. The van der Waals surface area contributed by atoms with E-state index in [4.69, 9.17) is 4.98 Å². The Labute approximate surface area is 127 Å². The van der Waals surface area contributed by atoms with E-state index in [1.54, 1.807) is 22.7 Å². The van der Waals surface area contributed by atoms with E-state index in [-0.39, 0.29) is 0 Å². The number of aromatic nitrogens is 2. The maximum absolute atomic E-state index is 4.73. The van der Waals surface area contributed by atoms with Crippen LogP contribution in [0, 0.1) is 6.92 Å². The number of nitrogens with zero attached hydrogens (tertiary/aromatic N) is 3. The van der Waals surface area contributed by atoms with Crippen molar-refractivity contribution in [3.63, 3.8) is 0 Å². The van der Waals surface area contributed by atoms with Gasteiger partial charge in [-0.3, -0.25) is 0 Å². The van der Waals surface area contributed by atoms with Crippen LogP contribution in [0.15, 0.2) is 5.38 Å². The maximum Gasteiger partial charge on any atom is 0.186 e. The SMILES string of the molecule is CCCNc1nc(-c2sc(N3CCCC3)nc2C)cs1. The van der Waals surface area contributed by atoms with Gasteiger partial charge < -0.3 is 10.2 Å². The highest BCUT2D eigenvalue weighted by atomic mass is 32.1. The predicted molar refractivity (Wildman–Crippen MR) is 88.2 cm³/mol. The average Bonchev–Trinajstić information content (AvgIpc) is 3.16. The molecular weight excluding hydrogens is 288 g/mol. The average molecular weight is 308 g/mol. The molecule has 6 heteroatoms. The summed E-state index contributed by atoms with van der Waals surface area (Å²) in [6.07, 6.45) is 3.69. The van der Waals surface area contributed by atoms with Gasteiger partial charge in [-0.2, -0.15) is 0 Å². The van der Waals surface area contributed by atoms with Crippen molar-refractivity contribution in [1.29, 1.82) is 0 Å². The quantitative estimate of drug-likeness (QED) is 0.906. The van der Waals surface area contributed by atoms with Crippen LogP contribution >= 0.6 is 22.7 Å². The Hall–Kier alpha value is -1.14. The van der Waals surface area contributed by atoms with Gasteiger partial charge in [-0.15, -0.1) is 11.3 Å². The molecule has 0 bridgehead atoms. The first-order valence-electron chi connectivity index (χ1n) is 7.20. The lowest BCUT2D eigenvalue weighted by Crippen LogP contribution is -2.17. The number of hydrogen-bond donors (Lipinski definition) is 1. The highest BCUT2D eigenvalue weighted by Gasteiger charge is 2.19. The van der Waals surface area contributed by atoms with E-state index in [0.717, 1.165) is 47.7 Å². The molecular formula is C14H20N4S2. The van der Waals surface area contributed by atoms with Crippen LogP contribution in [0.1, 0.15) is 31.9 Å². The van der Waals surface area contributed by atoms with E-state index in [1.807, 2.05) is 0 Å². The highest BCUT2D eigenvalue weighted by molar-refractivity contribution is 7.19. The van der Waals surface area contributed by atoms with Gasteiger partial charge in [-0.1, -0.05) is 18.3 Å². The van der Waals surface area contributed by atoms with Crippen LogP contribution in [0.25, 0.3) is 10.6 Å². The zero-order chi connectivity index (χ0) is 13.9. The minimum atomic E-state index is 0.980. The number of nitrogens with one attached hydrogen (secondary N) is 1. The molecule has 108 valence electrons. The van der Waals surface area contributed by atoms with Gasteiger partial charge in [-0.25, -0.2) is 9.97 Å². The Morgan fingerprint density at radius 2 is 2.10 bits per heavy atom. The van der Waals surface area contributed by atoms with Crippen molar-refractivity contribution in [3.8, 4) is 10.6 Å². The van der Waals surface area contributed by atoms with Crippen molar-refractivity contribution in [2.75, 3.05) is 29.9 Å². The molecule has 1 aliphatic rings. The van der Waals surface area contributed by atoms with Crippen molar-refractivity contribution in [2.24, 2.45) is 0 Å².